The molecular formula is C18H31ClN2O. The van der Waals surface area contributed by atoms with Gasteiger partial charge < -0.3 is 10.2 Å². The first-order valence-corrected chi connectivity index (χ1v) is 7.92. The zero-order chi connectivity index (χ0) is 15.8. The predicted molar refractivity (Wildman–Crippen MR) is 96.8 cm³/mol. The van der Waals surface area contributed by atoms with Crippen molar-refractivity contribution in [2.24, 2.45) is 5.92 Å². The van der Waals surface area contributed by atoms with Crippen LogP contribution in [0.25, 0.3) is 0 Å². The number of nitrogens with zero attached hydrogens (tertiary/aromatic N) is 1. The fourth-order valence-electron chi connectivity index (χ4n) is 2.49. The molecule has 22 heavy (non-hydrogen) atoms. The molecule has 3 nitrogen and oxygen atoms in total. The number of carbonyl (C=O) groups excluding carboxylic acids is 1. The molecule has 1 amide bonds. The normalized spacial score (nSPS) is 12.1. The number of benzene rings is 1. The maximum atomic E-state index is 11.5. The zero-order valence-corrected chi connectivity index (χ0v) is 15.4. The van der Waals surface area contributed by atoms with Gasteiger partial charge in [0.2, 0.25) is 5.91 Å². The Bertz CT molecular complexity index is 429. The lowest BCUT2D eigenvalue weighted by atomic mass is 9.95. The fraction of sp³-hybridized carbons (Fsp3) is 0.611. The van der Waals surface area contributed by atoms with Crippen molar-refractivity contribution in [1.29, 1.82) is 0 Å². The van der Waals surface area contributed by atoms with E-state index >= 15 is 0 Å². The molecule has 0 fully saturated rings. The Morgan fingerprint density at radius 1 is 1.18 bits per heavy atom. The number of hydrogen-bond acceptors (Lipinski definition) is 2. The third kappa shape index (κ3) is 7.81. The first kappa shape index (κ1) is 20.9. The van der Waals surface area contributed by atoms with E-state index in [1.165, 1.54) is 11.1 Å². The van der Waals surface area contributed by atoms with Crippen LogP contribution >= 0.6 is 12.4 Å². The summed E-state index contributed by atoms with van der Waals surface area (Å²) in [6, 6.07) is 8.87. The van der Waals surface area contributed by atoms with Gasteiger partial charge in [0.25, 0.3) is 0 Å². The first-order valence-electron chi connectivity index (χ1n) is 7.92. The predicted octanol–water partition coefficient (Wildman–Crippen LogP) is 3.48. The van der Waals surface area contributed by atoms with Crippen molar-refractivity contribution in [2.45, 2.75) is 39.5 Å². The summed E-state index contributed by atoms with van der Waals surface area (Å²) in [4.78, 5) is 13.7. The lowest BCUT2D eigenvalue weighted by Gasteiger charge is -2.22. The number of nitrogens with one attached hydrogen (secondary N) is 1. The number of hydrogen-bond donors (Lipinski definition) is 1. The molecule has 1 rings (SSSR count). The fourth-order valence-corrected chi connectivity index (χ4v) is 2.49. The molecule has 1 aromatic rings. The van der Waals surface area contributed by atoms with E-state index in [9.17, 15) is 4.79 Å². The highest BCUT2D eigenvalue weighted by atomic mass is 35.5. The highest BCUT2D eigenvalue weighted by Gasteiger charge is 2.14. The van der Waals surface area contributed by atoms with E-state index in [1.54, 1.807) is 0 Å². The minimum atomic E-state index is 0. The molecule has 0 heterocycles. The van der Waals surface area contributed by atoms with Crippen LogP contribution in [0.5, 0.6) is 0 Å². The second-order valence-corrected chi connectivity index (χ2v) is 6.46. The van der Waals surface area contributed by atoms with Gasteiger partial charge in [-0.3, -0.25) is 4.79 Å². The van der Waals surface area contributed by atoms with Gasteiger partial charge in [-0.1, -0.05) is 45.0 Å². The van der Waals surface area contributed by atoms with Gasteiger partial charge in [0.1, 0.15) is 0 Å². The van der Waals surface area contributed by atoms with E-state index in [-0.39, 0.29) is 18.3 Å². The Morgan fingerprint density at radius 2 is 1.77 bits per heavy atom. The highest BCUT2D eigenvalue weighted by Crippen LogP contribution is 2.18. The van der Waals surface area contributed by atoms with Crippen LogP contribution in [0.1, 0.15) is 44.2 Å². The highest BCUT2D eigenvalue weighted by molar-refractivity contribution is 5.85. The summed E-state index contributed by atoms with van der Waals surface area (Å²) in [5.74, 6) is 1.14. The molecule has 0 aliphatic heterocycles. The SMILES string of the molecule is CCC(=O)NC[C@H](CN(C)C)c1ccc(CC(C)C)cc1.Cl. The van der Waals surface area contributed by atoms with E-state index in [1.807, 2.05) is 6.92 Å². The minimum Gasteiger partial charge on any atom is -0.355 e. The average molecular weight is 327 g/mol. The zero-order valence-electron chi connectivity index (χ0n) is 14.6. The number of rotatable bonds is 8. The molecule has 0 aliphatic rings. The molecule has 126 valence electrons. The van der Waals surface area contributed by atoms with Crippen molar-refractivity contribution < 1.29 is 4.79 Å². The summed E-state index contributed by atoms with van der Waals surface area (Å²) in [5, 5.41) is 3.02. The molecule has 1 atom stereocenters. The molecule has 0 aliphatic carbocycles. The maximum Gasteiger partial charge on any atom is 0.219 e. The molecule has 0 bridgehead atoms. The largest absolute Gasteiger partial charge is 0.355 e. The van der Waals surface area contributed by atoms with Gasteiger partial charge in [-0.15, -0.1) is 12.4 Å². The van der Waals surface area contributed by atoms with Gasteiger partial charge in [-0.25, -0.2) is 0 Å². The molecule has 1 aromatic carbocycles. The summed E-state index contributed by atoms with van der Waals surface area (Å²) in [6.07, 6.45) is 1.66. The molecule has 0 aromatic heterocycles. The lowest BCUT2D eigenvalue weighted by molar-refractivity contribution is -0.120. The van der Waals surface area contributed by atoms with Gasteiger partial charge in [0.05, 0.1) is 0 Å². The van der Waals surface area contributed by atoms with Gasteiger partial charge in [-0.2, -0.15) is 0 Å². The molecule has 4 heteroatoms. The van der Waals surface area contributed by atoms with Crippen molar-refractivity contribution in [1.82, 2.24) is 10.2 Å². The van der Waals surface area contributed by atoms with Crippen LogP contribution in [-0.2, 0) is 11.2 Å². The van der Waals surface area contributed by atoms with Crippen LogP contribution in [0.2, 0.25) is 0 Å². The Hall–Kier alpha value is -1.06. The van der Waals surface area contributed by atoms with Gasteiger partial charge in [0, 0.05) is 25.4 Å². The van der Waals surface area contributed by atoms with Crippen molar-refractivity contribution in [3.63, 3.8) is 0 Å². The van der Waals surface area contributed by atoms with Crippen molar-refractivity contribution in [3.05, 3.63) is 35.4 Å². The summed E-state index contributed by atoms with van der Waals surface area (Å²) in [7, 11) is 4.14. The Morgan fingerprint density at radius 3 is 2.23 bits per heavy atom. The standard InChI is InChI=1S/C18H30N2O.ClH/c1-6-18(21)19-12-17(13-20(4)5)16-9-7-15(8-10-16)11-14(2)3;/h7-10,14,17H,6,11-13H2,1-5H3,(H,19,21);1H/t17-;/m1./s1. The first-order chi connectivity index (χ1) is 9.92. The summed E-state index contributed by atoms with van der Waals surface area (Å²) < 4.78 is 0. The van der Waals surface area contributed by atoms with Crippen LogP contribution < -0.4 is 5.32 Å². The second kappa shape index (κ2) is 10.6. The Labute approximate surface area is 141 Å². The van der Waals surface area contributed by atoms with E-state index in [2.05, 4.69) is 62.4 Å². The molecule has 0 radical (unpaired) electrons. The minimum absolute atomic E-state index is 0. The van der Waals surface area contributed by atoms with Crippen molar-refractivity contribution >= 4 is 18.3 Å². The van der Waals surface area contributed by atoms with Crippen LogP contribution in [0.15, 0.2) is 24.3 Å². The Kier molecular flexibility index (Phi) is 10.1. The van der Waals surface area contributed by atoms with Crippen LogP contribution in [0.3, 0.4) is 0 Å². The third-order valence-corrected chi connectivity index (χ3v) is 3.55. The second-order valence-electron chi connectivity index (χ2n) is 6.46. The average Bonchev–Trinajstić information content (AvgIpc) is 2.43. The smallest absolute Gasteiger partial charge is 0.219 e. The molecule has 0 saturated heterocycles. The van der Waals surface area contributed by atoms with Crippen LogP contribution in [0, 0.1) is 5.92 Å². The number of likely N-dealkylation sites (N-methyl/N-ethyl adjacent to an activating group) is 1. The van der Waals surface area contributed by atoms with Crippen molar-refractivity contribution in [2.75, 3.05) is 27.2 Å². The summed E-state index contributed by atoms with van der Waals surface area (Å²) >= 11 is 0. The van der Waals surface area contributed by atoms with E-state index in [0.29, 0.717) is 24.8 Å². The lowest BCUT2D eigenvalue weighted by Crippen LogP contribution is -2.32. The number of carbonyl (C=O) groups is 1. The third-order valence-electron chi connectivity index (χ3n) is 3.55. The summed E-state index contributed by atoms with van der Waals surface area (Å²) in [6.45, 7) is 8.00. The van der Waals surface area contributed by atoms with Gasteiger partial charge in [-0.05, 0) is 37.6 Å². The molecule has 1 N–H and O–H groups in total. The van der Waals surface area contributed by atoms with Gasteiger partial charge >= 0.3 is 0 Å². The van der Waals surface area contributed by atoms with E-state index < -0.39 is 0 Å². The quantitative estimate of drug-likeness (QED) is 0.793. The van der Waals surface area contributed by atoms with E-state index in [4.69, 9.17) is 0 Å². The topological polar surface area (TPSA) is 32.3 Å². The number of halogens is 1. The number of amides is 1. The van der Waals surface area contributed by atoms with E-state index in [0.717, 1.165) is 13.0 Å². The molecule has 0 spiro atoms. The van der Waals surface area contributed by atoms with Crippen LogP contribution in [-0.4, -0.2) is 38.0 Å². The van der Waals surface area contributed by atoms with Gasteiger partial charge in [0.15, 0.2) is 0 Å². The summed E-state index contributed by atoms with van der Waals surface area (Å²) in [5.41, 5.74) is 2.68. The van der Waals surface area contributed by atoms with Crippen LogP contribution in [0.4, 0.5) is 0 Å². The maximum absolute atomic E-state index is 11.5. The molecular weight excluding hydrogens is 296 g/mol. The van der Waals surface area contributed by atoms with Crippen molar-refractivity contribution in [3.8, 4) is 0 Å². The monoisotopic (exact) mass is 326 g/mol. The Balaban J connectivity index is 0.00000441. The molecule has 0 unspecified atom stereocenters. The molecule has 0 saturated carbocycles.